The second-order valence-corrected chi connectivity index (χ2v) is 13.8. The molecule has 6 nitrogen and oxygen atoms in total. The fraction of sp³-hybridized carbons (Fsp3) is 0.500. The minimum Gasteiger partial charge on any atom is -0.371 e. The van der Waals surface area contributed by atoms with E-state index in [1.165, 1.54) is 25.7 Å². The lowest BCUT2D eigenvalue weighted by Crippen LogP contribution is -2.35. The van der Waals surface area contributed by atoms with E-state index in [9.17, 15) is 9.00 Å². The van der Waals surface area contributed by atoms with Crippen LogP contribution >= 0.6 is 15.9 Å². The maximum Gasteiger partial charge on any atom is 0.258 e. The highest BCUT2D eigenvalue weighted by molar-refractivity contribution is 9.10. The minimum atomic E-state index is -2.73. The molecular weight excluding hydrogens is 488 g/mol. The quantitative estimate of drug-likeness (QED) is 0.560. The van der Waals surface area contributed by atoms with E-state index in [-0.39, 0.29) is 5.91 Å². The van der Waals surface area contributed by atoms with Gasteiger partial charge >= 0.3 is 0 Å². The van der Waals surface area contributed by atoms with Crippen molar-refractivity contribution in [3.05, 3.63) is 46.4 Å². The lowest BCUT2D eigenvalue weighted by molar-refractivity contribution is 0.102. The summed E-state index contributed by atoms with van der Waals surface area (Å²) in [4.78, 5) is 20.1. The number of benzene rings is 1. The number of carbonyl (C=O) groups is 1. The van der Waals surface area contributed by atoms with Crippen LogP contribution in [0.15, 0.2) is 50.3 Å². The molecule has 1 aromatic heterocycles. The predicted molar refractivity (Wildman–Crippen MR) is 134 cm³/mol. The molecule has 1 N–H and O–H groups in total. The number of aromatic nitrogens is 1. The molecule has 4 rings (SSSR count). The van der Waals surface area contributed by atoms with E-state index in [0.29, 0.717) is 21.8 Å². The van der Waals surface area contributed by atoms with Crippen molar-refractivity contribution in [2.75, 3.05) is 30.4 Å². The Morgan fingerprint density at radius 2 is 1.84 bits per heavy atom. The van der Waals surface area contributed by atoms with Crippen molar-refractivity contribution >= 4 is 43.1 Å². The molecule has 1 unspecified atom stereocenters. The van der Waals surface area contributed by atoms with Crippen molar-refractivity contribution in [2.45, 2.75) is 56.2 Å². The number of carbonyl (C=O) groups excluding carboxylic acids is 1. The SMILES string of the molecule is CN=S(=O)(c1cccc(NC(=O)c2ccc(Br)cc2N2CCC3(CC2)CC3)n1)C(C)(C)C. The number of piperidine rings is 1. The molecule has 8 heteroatoms. The van der Waals surface area contributed by atoms with Crippen LogP contribution in [0.5, 0.6) is 0 Å². The zero-order valence-corrected chi connectivity index (χ0v) is 21.6. The molecule has 0 radical (unpaired) electrons. The van der Waals surface area contributed by atoms with Crippen molar-refractivity contribution in [3.63, 3.8) is 0 Å². The van der Waals surface area contributed by atoms with Crippen LogP contribution < -0.4 is 10.2 Å². The molecule has 1 amide bonds. The van der Waals surface area contributed by atoms with Crippen molar-refractivity contribution in [1.29, 1.82) is 0 Å². The fourth-order valence-electron chi connectivity index (χ4n) is 4.36. The van der Waals surface area contributed by atoms with Gasteiger partial charge in [0.15, 0.2) is 0 Å². The van der Waals surface area contributed by atoms with Gasteiger partial charge in [0.2, 0.25) is 0 Å². The van der Waals surface area contributed by atoms with Gasteiger partial charge in [-0.15, -0.1) is 0 Å². The van der Waals surface area contributed by atoms with Crippen LogP contribution in [0.4, 0.5) is 11.5 Å². The van der Waals surface area contributed by atoms with Gasteiger partial charge < -0.3 is 10.2 Å². The lowest BCUT2D eigenvalue weighted by atomic mass is 9.93. The van der Waals surface area contributed by atoms with E-state index in [2.05, 4.69) is 35.5 Å². The topological polar surface area (TPSA) is 74.7 Å². The minimum absolute atomic E-state index is 0.223. The highest BCUT2D eigenvalue weighted by Crippen LogP contribution is 2.54. The zero-order valence-electron chi connectivity index (χ0n) is 19.2. The molecule has 1 aliphatic carbocycles. The first-order chi connectivity index (χ1) is 15.1. The average Bonchev–Trinajstić information content (AvgIpc) is 3.51. The molecule has 1 saturated carbocycles. The van der Waals surface area contributed by atoms with E-state index in [4.69, 9.17) is 0 Å². The average molecular weight is 520 g/mol. The first-order valence-electron chi connectivity index (χ1n) is 11.0. The summed E-state index contributed by atoms with van der Waals surface area (Å²) in [5, 5.41) is 3.30. The second-order valence-electron chi connectivity index (χ2n) is 9.78. The third-order valence-electron chi connectivity index (χ3n) is 6.66. The summed E-state index contributed by atoms with van der Waals surface area (Å²) in [6.07, 6.45) is 5.06. The first-order valence-corrected chi connectivity index (χ1v) is 13.4. The number of amides is 1. The number of rotatable bonds is 4. The number of anilines is 2. The Kier molecular flexibility index (Phi) is 6.13. The van der Waals surface area contributed by atoms with Gasteiger partial charge in [-0.3, -0.25) is 4.79 Å². The smallest absolute Gasteiger partial charge is 0.258 e. The molecular formula is C24H31BrN4O2S. The van der Waals surface area contributed by atoms with E-state index >= 15 is 0 Å². The fourth-order valence-corrected chi connectivity index (χ4v) is 6.56. The molecule has 172 valence electrons. The van der Waals surface area contributed by atoms with Gasteiger partial charge in [0.05, 0.1) is 25.7 Å². The van der Waals surface area contributed by atoms with Crippen LogP contribution in [0.25, 0.3) is 0 Å². The van der Waals surface area contributed by atoms with Crippen LogP contribution in [0.2, 0.25) is 0 Å². The number of hydrogen-bond donors (Lipinski definition) is 1. The van der Waals surface area contributed by atoms with Gasteiger partial charge in [-0.05, 0) is 82.2 Å². The van der Waals surface area contributed by atoms with Crippen molar-refractivity contribution in [3.8, 4) is 0 Å². The lowest BCUT2D eigenvalue weighted by Gasteiger charge is -2.35. The Labute approximate surface area is 199 Å². The number of nitrogens with one attached hydrogen (secondary N) is 1. The largest absolute Gasteiger partial charge is 0.371 e. The van der Waals surface area contributed by atoms with Crippen LogP contribution in [0.1, 0.15) is 56.8 Å². The summed E-state index contributed by atoms with van der Waals surface area (Å²) in [5.41, 5.74) is 2.12. The van der Waals surface area contributed by atoms with Crippen molar-refractivity contribution in [2.24, 2.45) is 9.78 Å². The van der Waals surface area contributed by atoms with E-state index in [0.717, 1.165) is 23.2 Å². The standard InChI is InChI=1S/C24H31BrN4O2S/c1-23(2,3)32(31,26-4)21-7-5-6-20(27-21)28-22(30)18-9-8-17(25)16-19(18)29-14-12-24(10-11-24)13-15-29/h5-9,16H,10-15H2,1-4H3,(H,27,28,30). The number of hydrogen-bond acceptors (Lipinski definition) is 5. The third kappa shape index (κ3) is 4.44. The normalized spacial score (nSPS) is 19.3. The summed E-state index contributed by atoms with van der Waals surface area (Å²) < 4.78 is 18.0. The van der Waals surface area contributed by atoms with Crippen molar-refractivity contribution in [1.82, 2.24) is 4.98 Å². The van der Waals surface area contributed by atoms with Gasteiger partial charge in [-0.2, -0.15) is 0 Å². The zero-order chi connectivity index (χ0) is 23.1. The van der Waals surface area contributed by atoms with Crippen LogP contribution in [-0.4, -0.2) is 40.0 Å². The monoisotopic (exact) mass is 518 g/mol. The first kappa shape index (κ1) is 23.2. The van der Waals surface area contributed by atoms with Gasteiger partial charge in [0.1, 0.15) is 10.8 Å². The summed E-state index contributed by atoms with van der Waals surface area (Å²) in [6.45, 7) is 7.58. The maximum atomic E-state index is 13.5. The van der Waals surface area contributed by atoms with Gasteiger partial charge in [-0.25, -0.2) is 13.6 Å². The highest BCUT2D eigenvalue weighted by Gasteiger charge is 2.44. The molecule has 1 spiro atoms. The molecule has 1 atom stereocenters. The molecule has 2 fully saturated rings. The van der Waals surface area contributed by atoms with Crippen molar-refractivity contribution < 1.29 is 9.00 Å². The Hall–Kier alpha value is -1.93. The summed E-state index contributed by atoms with van der Waals surface area (Å²) in [7, 11) is -1.18. The molecule has 2 heterocycles. The predicted octanol–water partition coefficient (Wildman–Crippen LogP) is 5.73. The number of halogens is 1. The van der Waals surface area contributed by atoms with Gasteiger partial charge in [0.25, 0.3) is 5.91 Å². The van der Waals surface area contributed by atoms with E-state index in [1.807, 2.05) is 39.0 Å². The van der Waals surface area contributed by atoms with Crippen LogP contribution in [0, 0.1) is 5.41 Å². The Bertz CT molecular complexity index is 1150. The molecule has 32 heavy (non-hydrogen) atoms. The van der Waals surface area contributed by atoms with Crippen LogP contribution in [-0.2, 0) is 9.73 Å². The molecule has 1 aromatic carbocycles. The Morgan fingerprint density at radius 1 is 1.16 bits per heavy atom. The van der Waals surface area contributed by atoms with Gasteiger partial charge in [-0.1, -0.05) is 22.0 Å². The highest BCUT2D eigenvalue weighted by atomic mass is 79.9. The summed E-state index contributed by atoms with van der Waals surface area (Å²) in [5.74, 6) is 0.150. The van der Waals surface area contributed by atoms with E-state index < -0.39 is 14.5 Å². The van der Waals surface area contributed by atoms with Crippen LogP contribution in [0.3, 0.4) is 0 Å². The molecule has 1 saturated heterocycles. The molecule has 1 aliphatic heterocycles. The van der Waals surface area contributed by atoms with E-state index in [1.54, 1.807) is 25.2 Å². The maximum absolute atomic E-state index is 13.5. The number of nitrogens with zero attached hydrogens (tertiary/aromatic N) is 3. The van der Waals surface area contributed by atoms with Gasteiger partial charge in [0, 0.05) is 24.6 Å². The summed E-state index contributed by atoms with van der Waals surface area (Å²) in [6, 6.07) is 10.9. The summed E-state index contributed by atoms with van der Waals surface area (Å²) >= 11 is 3.56. The molecule has 0 bridgehead atoms. The number of pyridine rings is 1. The second kappa shape index (κ2) is 8.45. The Morgan fingerprint density at radius 3 is 2.44 bits per heavy atom. The third-order valence-corrected chi connectivity index (χ3v) is 10.1. The molecule has 2 aromatic rings. The molecule has 2 aliphatic rings. The Balaban J connectivity index is 1.60.